The molecule has 0 saturated carbocycles. The predicted molar refractivity (Wildman–Crippen MR) is 66.5 cm³/mol. The van der Waals surface area contributed by atoms with Crippen molar-refractivity contribution in [1.82, 2.24) is 20.6 Å². The van der Waals surface area contributed by atoms with Crippen LogP contribution in [-0.4, -0.2) is 46.8 Å². The molecule has 0 aliphatic rings. The second kappa shape index (κ2) is 8.09. The van der Waals surface area contributed by atoms with Crippen molar-refractivity contribution in [2.45, 2.75) is 25.4 Å². The number of nitrogens with one attached hydrogen (secondary N) is 3. The van der Waals surface area contributed by atoms with Gasteiger partial charge in [0.15, 0.2) is 0 Å². The number of ether oxygens (including phenoxy) is 1. The van der Waals surface area contributed by atoms with Crippen molar-refractivity contribution in [3.8, 4) is 0 Å². The Morgan fingerprint density at radius 1 is 1.58 bits per heavy atom. The second-order valence-corrected chi connectivity index (χ2v) is 3.93. The second-order valence-electron chi connectivity index (χ2n) is 3.93. The number of carboxylic acids is 1. The van der Waals surface area contributed by atoms with Gasteiger partial charge < -0.3 is 25.5 Å². The molecule has 0 spiro atoms. The zero-order valence-corrected chi connectivity index (χ0v) is 10.7. The van der Waals surface area contributed by atoms with Gasteiger partial charge in [0.1, 0.15) is 6.04 Å². The zero-order chi connectivity index (χ0) is 14.1. The van der Waals surface area contributed by atoms with Gasteiger partial charge in [0.05, 0.1) is 18.6 Å². The Bertz CT molecular complexity index is 393. The molecule has 0 aliphatic carbocycles. The molecule has 0 aromatic carbocycles. The predicted octanol–water partition coefficient (Wildman–Crippen LogP) is 0.0887. The third kappa shape index (κ3) is 5.87. The molecule has 0 fully saturated rings. The lowest BCUT2D eigenvalue weighted by atomic mass is 10.1. The fraction of sp³-hybridized carbons (Fsp3) is 0.545. The van der Waals surface area contributed by atoms with Crippen LogP contribution in [0.4, 0.5) is 4.79 Å². The molecule has 0 aliphatic heterocycles. The largest absolute Gasteiger partial charge is 0.480 e. The summed E-state index contributed by atoms with van der Waals surface area (Å²) in [6.45, 7) is 0.720. The molecule has 8 heteroatoms. The molecule has 0 radical (unpaired) electrons. The van der Waals surface area contributed by atoms with Crippen LogP contribution in [0.1, 0.15) is 18.5 Å². The SMILES string of the molecule is COCCCC(NC(=O)NCc1cnc[nH]1)C(=O)O. The monoisotopic (exact) mass is 270 g/mol. The van der Waals surface area contributed by atoms with Crippen molar-refractivity contribution in [2.24, 2.45) is 0 Å². The Kier molecular flexibility index (Phi) is 6.37. The maximum Gasteiger partial charge on any atom is 0.326 e. The number of aliphatic carboxylic acids is 1. The average molecular weight is 270 g/mol. The van der Waals surface area contributed by atoms with Gasteiger partial charge in [-0.15, -0.1) is 0 Å². The third-order valence-electron chi connectivity index (χ3n) is 2.44. The summed E-state index contributed by atoms with van der Waals surface area (Å²) in [7, 11) is 1.54. The van der Waals surface area contributed by atoms with Crippen LogP contribution in [0.15, 0.2) is 12.5 Å². The van der Waals surface area contributed by atoms with Crippen molar-refractivity contribution in [3.63, 3.8) is 0 Å². The average Bonchev–Trinajstić information content (AvgIpc) is 2.88. The van der Waals surface area contributed by atoms with Crippen LogP contribution in [0, 0.1) is 0 Å². The summed E-state index contributed by atoms with van der Waals surface area (Å²) in [5.41, 5.74) is 0.737. The summed E-state index contributed by atoms with van der Waals surface area (Å²) < 4.78 is 4.84. The number of carbonyl (C=O) groups is 2. The third-order valence-corrected chi connectivity index (χ3v) is 2.44. The van der Waals surface area contributed by atoms with Crippen LogP contribution in [0.25, 0.3) is 0 Å². The highest BCUT2D eigenvalue weighted by Gasteiger charge is 2.19. The molecule has 1 heterocycles. The molecule has 106 valence electrons. The van der Waals surface area contributed by atoms with E-state index in [4.69, 9.17) is 9.84 Å². The fourth-order valence-corrected chi connectivity index (χ4v) is 1.46. The minimum absolute atomic E-state index is 0.260. The van der Waals surface area contributed by atoms with E-state index in [1.54, 1.807) is 13.3 Å². The van der Waals surface area contributed by atoms with Gasteiger partial charge in [-0.3, -0.25) is 0 Å². The van der Waals surface area contributed by atoms with Crippen LogP contribution in [0.2, 0.25) is 0 Å². The van der Waals surface area contributed by atoms with E-state index in [1.807, 2.05) is 0 Å². The van der Waals surface area contributed by atoms with Gasteiger partial charge in [0.2, 0.25) is 0 Å². The first kappa shape index (κ1) is 15.0. The van der Waals surface area contributed by atoms with Gasteiger partial charge in [-0.25, -0.2) is 14.6 Å². The molecule has 2 amide bonds. The maximum absolute atomic E-state index is 11.5. The van der Waals surface area contributed by atoms with Crippen molar-refractivity contribution < 1.29 is 19.4 Å². The van der Waals surface area contributed by atoms with E-state index >= 15 is 0 Å². The van der Waals surface area contributed by atoms with Crippen molar-refractivity contribution in [1.29, 1.82) is 0 Å². The maximum atomic E-state index is 11.5. The molecule has 8 nitrogen and oxygen atoms in total. The normalized spacial score (nSPS) is 11.8. The lowest BCUT2D eigenvalue weighted by molar-refractivity contribution is -0.139. The topological polar surface area (TPSA) is 116 Å². The zero-order valence-electron chi connectivity index (χ0n) is 10.7. The molecule has 0 bridgehead atoms. The van der Waals surface area contributed by atoms with E-state index < -0.39 is 18.0 Å². The minimum Gasteiger partial charge on any atom is -0.480 e. The van der Waals surface area contributed by atoms with Gasteiger partial charge in [-0.2, -0.15) is 0 Å². The van der Waals surface area contributed by atoms with Crippen molar-refractivity contribution in [3.05, 3.63) is 18.2 Å². The summed E-state index contributed by atoms with van der Waals surface area (Å²) in [6.07, 6.45) is 3.96. The number of urea groups is 1. The summed E-state index contributed by atoms with van der Waals surface area (Å²) in [5, 5.41) is 13.9. The van der Waals surface area contributed by atoms with Gasteiger partial charge in [-0.05, 0) is 12.8 Å². The molecule has 1 aromatic rings. The van der Waals surface area contributed by atoms with E-state index in [9.17, 15) is 9.59 Å². The van der Waals surface area contributed by atoms with Crippen molar-refractivity contribution in [2.75, 3.05) is 13.7 Å². The molecular formula is C11H18N4O4. The standard InChI is InChI=1S/C11H18N4O4/c1-19-4-2-3-9(10(16)17)15-11(18)13-6-8-5-12-7-14-8/h5,7,9H,2-4,6H2,1H3,(H,12,14)(H,16,17)(H2,13,15,18). The van der Waals surface area contributed by atoms with Crippen LogP contribution in [0.3, 0.4) is 0 Å². The van der Waals surface area contributed by atoms with E-state index in [0.717, 1.165) is 5.69 Å². The number of carboxylic acid groups (broad SMARTS) is 1. The van der Waals surface area contributed by atoms with E-state index in [2.05, 4.69) is 20.6 Å². The summed E-state index contributed by atoms with van der Waals surface area (Å²) in [4.78, 5) is 29.1. The smallest absolute Gasteiger partial charge is 0.326 e. The lowest BCUT2D eigenvalue weighted by Crippen LogP contribution is -2.45. The number of H-pyrrole nitrogens is 1. The van der Waals surface area contributed by atoms with Gasteiger partial charge >= 0.3 is 12.0 Å². The molecule has 0 saturated heterocycles. The molecule has 1 rings (SSSR count). The van der Waals surface area contributed by atoms with E-state index in [0.29, 0.717) is 19.4 Å². The Morgan fingerprint density at radius 3 is 2.95 bits per heavy atom. The highest BCUT2D eigenvalue weighted by atomic mass is 16.5. The Morgan fingerprint density at radius 2 is 2.37 bits per heavy atom. The number of amides is 2. The number of hydrogen-bond donors (Lipinski definition) is 4. The van der Waals surface area contributed by atoms with Crippen LogP contribution in [0.5, 0.6) is 0 Å². The van der Waals surface area contributed by atoms with Crippen molar-refractivity contribution >= 4 is 12.0 Å². The Balaban J connectivity index is 2.32. The molecule has 4 N–H and O–H groups in total. The Labute approximate surface area is 110 Å². The lowest BCUT2D eigenvalue weighted by Gasteiger charge is -2.14. The minimum atomic E-state index is -1.06. The van der Waals surface area contributed by atoms with Crippen LogP contribution >= 0.6 is 0 Å². The number of hydrogen-bond acceptors (Lipinski definition) is 4. The first-order valence-corrected chi connectivity index (χ1v) is 5.87. The first-order chi connectivity index (χ1) is 9.13. The molecular weight excluding hydrogens is 252 g/mol. The number of imidazole rings is 1. The first-order valence-electron chi connectivity index (χ1n) is 5.87. The number of nitrogens with zero attached hydrogens (tertiary/aromatic N) is 1. The highest BCUT2D eigenvalue weighted by molar-refractivity contribution is 5.82. The van der Waals surface area contributed by atoms with E-state index in [1.165, 1.54) is 6.33 Å². The quantitative estimate of drug-likeness (QED) is 0.499. The molecule has 19 heavy (non-hydrogen) atoms. The van der Waals surface area contributed by atoms with Gasteiger partial charge in [-0.1, -0.05) is 0 Å². The van der Waals surface area contributed by atoms with Gasteiger partial charge in [0, 0.05) is 19.9 Å². The van der Waals surface area contributed by atoms with Crippen LogP contribution in [-0.2, 0) is 16.1 Å². The summed E-state index contributed by atoms with van der Waals surface area (Å²) in [6, 6.07) is -1.45. The molecule has 1 unspecified atom stereocenters. The number of aromatic nitrogens is 2. The number of methoxy groups -OCH3 is 1. The highest BCUT2D eigenvalue weighted by Crippen LogP contribution is 1.98. The number of aromatic amines is 1. The van der Waals surface area contributed by atoms with E-state index in [-0.39, 0.29) is 6.54 Å². The summed E-state index contributed by atoms with van der Waals surface area (Å²) >= 11 is 0. The number of rotatable bonds is 8. The van der Waals surface area contributed by atoms with Crippen LogP contribution < -0.4 is 10.6 Å². The fourth-order valence-electron chi connectivity index (χ4n) is 1.46. The summed E-state index contributed by atoms with van der Waals surface area (Å²) in [5.74, 6) is -1.06. The van der Waals surface area contributed by atoms with Gasteiger partial charge in [0.25, 0.3) is 0 Å². The molecule has 1 atom stereocenters. The number of carbonyl (C=O) groups excluding carboxylic acids is 1. The Hall–Kier alpha value is -2.09. The molecule has 1 aromatic heterocycles.